The lowest BCUT2D eigenvalue weighted by molar-refractivity contribution is 0.0526. The molecule has 0 atom stereocenters. The van der Waals surface area contributed by atoms with Crippen molar-refractivity contribution in [3.8, 4) is 11.8 Å². The number of hydrogen-bond donors (Lipinski definition) is 0. The van der Waals surface area contributed by atoms with Crippen LogP contribution in [0.5, 0.6) is 5.88 Å². The summed E-state index contributed by atoms with van der Waals surface area (Å²) >= 11 is 0. The van der Waals surface area contributed by atoms with Crippen molar-refractivity contribution in [3.63, 3.8) is 0 Å². The molecule has 0 N–H and O–H groups in total. The molecule has 0 radical (unpaired) electrons. The molecule has 33 heavy (non-hydrogen) atoms. The van der Waals surface area contributed by atoms with E-state index in [1.165, 1.54) is 29.3 Å². The Labute approximate surface area is 191 Å². The minimum absolute atomic E-state index is 0.0282. The van der Waals surface area contributed by atoms with Crippen molar-refractivity contribution in [1.29, 1.82) is 0 Å². The van der Waals surface area contributed by atoms with Crippen molar-refractivity contribution < 1.29 is 14.3 Å². The summed E-state index contributed by atoms with van der Waals surface area (Å²) in [6, 6.07) is 10.7. The number of hydrogen-bond acceptors (Lipinski definition) is 7. The van der Waals surface area contributed by atoms with Crippen molar-refractivity contribution in [2.45, 2.75) is 44.6 Å². The number of aromatic nitrogens is 6. The first-order chi connectivity index (χ1) is 16.1. The Hall–Kier alpha value is -3.75. The minimum Gasteiger partial charge on any atom is -0.479 e. The maximum absolute atomic E-state index is 12.0. The molecule has 170 valence electrons. The van der Waals surface area contributed by atoms with Crippen LogP contribution in [-0.2, 0) is 16.7 Å². The van der Waals surface area contributed by atoms with E-state index in [4.69, 9.17) is 9.47 Å². The van der Waals surface area contributed by atoms with Gasteiger partial charge < -0.3 is 9.47 Å². The Bertz CT molecular complexity index is 1270. The lowest BCUT2D eigenvalue weighted by Gasteiger charge is -2.30. The average Bonchev–Trinajstić information content (AvgIpc) is 3.60. The topological polar surface area (TPSA) is 97.0 Å². The van der Waals surface area contributed by atoms with Gasteiger partial charge in [0.2, 0.25) is 5.88 Å². The van der Waals surface area contributed by atoms with Crippen molar-refractivity contribution in [2.24, 2.45) is 0 Å². The van der Waals surface area contributed by atoms with E-state index < -0.39 is 5.97 Å². The number of fused-ring (bicyclic) bond motifs is 1. The van der Waals surface area contributed by atoms with E-state index in [0.717, 1.165) is 24.9 Å². The summed E-state index contributed by atoms with van der Waals surface area (Å²) in [7, 11) is 1.58. The highest BCUT2D eigenvalue weighted by Gasteiger charge is 2.37. The van der Waals surface area contributed by atoms with Crippen molar-refractivity contribution in [1.82, 2.24) is 29.5 Å². The second-order valence-corrected chi connectivity index (χ2v) is 8.32. The predicted octanol–water partition coefficient (Wildman–Crippen LogP) is 3.71. The van der Waals surface area contributed by atoms with Crippen molar-refractivity contribution in [3.05, 3.63) is 60.0 Å². The van der Waals surface area contributed by atoms with Gasteiger partial charge in [0.1, 0.15) is 11.0 Å². The van der Waals surface area contributed by atoms with Crippen LogP contribution in [0.1, 0.15) is 48.5 Å². The van der Waals surface area contributed by atoms with Crippen LogP contribution in [-0.4, -0.2) is 49.2 Å². The Kier molecular flexibility index (Phi) is 5.53. The molecule has 0 aliphatic heterocycles. The highest BCUT2D eigenvalue weighted by Crippen LogP contribution is 2.43. The molecule has 5 rings (SSSR count). The number of methoxy groups -OCH3 is 1. The lowest BCUT2D eigenvalue weighted by Crippen LogP contribution is -2.29. The molecule has 9 heteroatoms. The molecule has 0 bridgehead atoms. The summed E-state index contributed by atoms with van der Waals surface area (Å²) in [5.74, 6) is 0.280. The second kappa shape index (κ2) is 8.65. The van der Waals surface area contributed by atoms with Crippen LogP contribution in [0.2, 0.25) is 0 Å². The molecule has 0 saturated heterocycles. The van der Waals surface area contributed by atoms with E-state index in [1.54, 1.807) is 26.4 Å². The molecule has 0 amide bonds. The first-order valence-corrected chi connectivity index (χ1v) is 11.2. The number of rotatable bonds is 7. The van der Waals surface area contributed by atoms with Gasteiger partial charge in [-0.1, -0.05) is 43.2 Å². The highest BCUT2D eigenvalue weighted by atomic mass is 16.5. The third-order valence-electron chi connectivity index (χ3n) is 6.34. The Morgan fingerprint density at radius 2 is 1.88 bits per heavy atom. The van der Waals surface area contributed by atoms with Gasteiger partial charge in [0.15, 0.2) is 0 Å². The number of carbonyl (C=O) groups is 1. The predicted molar refractivity (Wildman–Crippen MR) is 122 cm³/mol. The number of carbonyl (C=O) groups excluding carboxylic acids is 1. The second-order valence-electron chi connectivity index (χ2n) is 8.32. The smallest absolute Gasteiger partial charge is 0.341 e. The number of esters is 1. The Balaban J connectivity index is 1.52. The number of ether oxygens (including phenoxy) is 2. The van der Waals surface area contributed by atoms with E-state index in [-0.39, 0.29) is 5.41 Å². The fourth-order valence-corrected chi connectivity index (χ4v) is 4.74. The third-order valence-corrected chi connectivity index (χ3v) is 6.34. The molecule has 1 saturated carbocycles. The van der Waals surface area contributed by atoms with Gasteiger partial charge in [0.25, 0.3) is 5.95 Å². The van der Waals surface area contributed by atoms with Gasteiger partial charge in [0, 0.05) is 11.6 Å². The zero-order valence-electron chi connectivity index (χ0n) is 18.8. The monoisotopic (exact) mass is 446 g/mol. The van der Waals surface area contributed by atoms with E-state index in [2.05, 4.69) is 50.5 Å². The van der Waals surface area contributed by atoms with Gasteiger partial charge in [0.05, 0.1) is 38.2 Å². The van der Waals surface area contributed by atoms with Gasteiger partial charge in [-0.25, -0.2) is 14.5 Å². The Morgan fingerprint density at radius 3 is 2.61 bits per heavy atom. The van der Waals surface area contributed by atoms with E-state index in [9.17, 15) is 4.79 Å². The van der Waals surface area contributed by atoms with E-state index in [1.807, 2.05) is 4.68 Å². The molecule has 1 aromatic carbocycles. The lowest BCUT2D eigenvalue weighted by atomic mass is 9.79. The van der Waals surface area contributed by atoms with Crippen LogP contribution in [0.15, 0.2) is 48.9 Å². The van der Waals surface area contributed by atoms with Crippen LogP contribution < -0.4 is 4.74 Å². The molecule has 0 spiro atoms. The first kappa shape index (κ1) is 21.1. The molecule has 3 aromatic heterocycles. The zero-order valence-corrected chi connectivity index (χ0v) is 18.8. The molecule has 3 heterocycles. The maximum atomic E-state index is 12.0. The molecule has 4 aromatic rings. The number of benzene rings is 1. The molecule has 1 fully saturated rings. The van der Waals surface area contributed by atoms with Crippen LogP contribution in [0.3, 0.4) is 0 Å². The highest BCUT2D eigenvalue weighted by molar-refractivity contribution is 5.88. The van der Waals surface area contributed by atoms with E-state index >= 15 is 0 Å². The molecule has 1 aliphatic carbocycles. The maximum Gasteiger partial charge on any atom is 0.341 e. The van der Waals surface area contributed by atoms with Crippen LogP contribution in [0, 0.1) is 0 Å². The quantitative estimate of drug-likeness (QED) is 0.399. The SMILES string of the molecule is CCOC(=O)c1cnn(-c2nc(OC)c3c(cnn3CC3(c4ccccc4)CCCC3)n2)c1. The summed E-state index contributed by atoms with van der Waals surface area (Å²) in [4.78, 5) is 21.2. The van der Waals surface area contributed by atoms with Crippen LogP contribution >= 0.6 is 0 Å². The summed E-state index contributed by atoms with van der Waals surface area (Å²) in [6.07, 6.45) is 9.35. The third kappa shape index (κ3) is 3.83. The summed E-state index contributed by atoms with van der Waals surface area (Å²) < 4.78 is 14.1. The minimum atomic E-state index is -0.438. The first-order valence-electron chi connectivity index (χ1n) is 11.2. The van der Waals surface area contributed by atoms with Crippen LogP contribution in [0.25, 0.3) is 17.0 Å². The van der Waals surface area contributed by atoms with Crippen molar-refractivity contribution >= 4 is 17.0 Å². The summed E-state index contributed by atoms with van der Waals surface area (Å²) in [6.45, 7) is 2.79. The molecule has 1 aliphatic rings. The van der Waals surface area contributed by atoms with Gasteiger partial charge in [-0.2, -0.15) is 15.2 Å². The zero-order chi connectivity index (χ0) is 22.8. The fourth-order valence-electron chi connectivity index (χ4n) is 4.74. The molecule has 9 nitrogen and oxygen atoms in total. The molecular weight excluding hydrogens is 420 g/mol. The van der Waals surface area contributed by atoms with Gasteiger partial charge in [-0.05, 0) is 25.3 Å². The standard InChI is InChI=1S/C24H26N6O3/c1-3-33-22(31)17-13-25-29(15-17)23-27-19-14-26-30(20(19)21(28-23)32-2)16-24(11-7-8-12-24)18-9-5-4-6-10-18/h4-6,9-10,13-15H,3,7-8,11-12,16H2,1-2H3. The normalized spacial score (nSPS) is 15.1. The van der Waals surface area contributed by atoms with Gasteiger partial charge in [-0.3, -0.25) is 4.68 Å². The summed E-state index contributed by atoms with van der Waals surface area (Å²) in [5.41, 5.74) is 3.11. The largest absolute Gasteiger partial charge is 0.479 e. The van der Waals surface area contributed by atoms with E-state index in [0.29, 0.717) is 29.5 Å². The average molecular weight is 447 g/mol. The molecular formula is C24H26N6O3. The fraction of sp³-hybridized carbons (Fsp3) is 0.375. The van der Waals surface area contributed by atoms with Gasteiger partial charge >= 0.3 is 5.97 Å². The van der Waals surface area contributed by atoms with Crippen LogP contribution in [0.4, 0.5) is 0 Å². The molecule has 0 unspecified atom stereocenters. The number of nitrogens with zero attached hydrogens (tertiary/aromatic N) is 6. The van der Waals surface area contributed by atoms with Crippen molar-refractivity contribution in [2.75, 3.05) is 13.7 Å². The van der Waals surface area contributed by atoms with Gasteiger partial charge in [-0.15, -0.1) is 0 Å². The summed E-state index contributed by atoms with van der Waals surface area (Å²) in [5, 5.41) is 8.88. The Morgan fingerprint density at radius 1 is 1.09 bits per heavy atom.